The van der Waals surface area contributed by atoms with E-state index in [9.17, 15) is 22.8 Å². The van der Waals surface area contributed by atoms with Gasteiger partial charge in [-0.25, -0.2) is 17.9 Å². The van der Waals surface area contributed by atoms with Gasteiger partial charge in [-0.1, -0.05) is 6.07 Å². The number of amides is 3. The number of nitrogens with one attached hydrogen (secondary N) is 2. The SMILES string of the molecule is Cc1ccc(S(=O)(=O)NCCCC(=O)O[C@H](C)C(=O)N2CCNC2=O)cc1C. The van der Waals surface area contributed by atoms with Crippen molar-refractivity contribution in [3.05, 3.63) is 29.3 Å². The number of hydrogen-bond donors (Lipinski definition) is 2. The number of nitrogens with zero attached hydrogens (tertiary/aromatic N) is 1. The topological polar surface area (TPSA) is 122 Å². The van der Waals surface area contributed by atoms with Crippen molar-refractivity contribution >= 4 is 27.9 Å². The third kappa shape index (κ3) is 5.52. The average molecular weight is 411 g/mol. The van der Waals surface area contributed by atoms with Crippen molar-refractivity contribution < 1.29 is 27.5 Å². The van der Waals surface area contributed by atoms with Gasteiger partial charge in [0.1, 0.15) is 0 Å². The number of esters is 1. The highest BCUT2D eigenvalue weighted by molar-refractivity contribution is 7.89. The van der Waals surface area contributed by atoms with Crippen LogP contribution in [0.3, 0.4) is 0 Å². The molecule has 28 heavy (non-hydrogen) atoms. The number of hydrogen-bond acceptors (Lipinski definition) is 6. The fourth-order valence-corrected chi connectivity index (χ4v) is 3.77. The second-order valence-corrected chi connectivity index (χ2v) is 8.37. The lowest BCUT2D eigenvalue weighted by atomic mass is 10.1. The summed E-state index contributed by atoms with van der Waals surface area (Å²) in [5.74, 6) is -1.22. The Balaban J connectivity index is 1.76. The van der Waals surface area contributed by atoms with E-state index in [4.69, 9.17) is 4.74 Å². The molecular formula is C18H25N3O6S. The molecule has 1 atom stereocenters. The van der Waals surface area contributed by atoms with Gasteiger partial charge in [0.25, 0.3) is 5.91 Å². The van der Waals surface area contributed by atoms with Gasteiger partial charge in [-0.2, -0.15) is 0 Å². The summed E-state index contributed by atoms with van der Waals surface area (Å²) in [6.45, 7) is 5.78. The molecule has 0 saturated carbocycles. The molecule has 1 heterocycles. The summed E-state index contributed by atoms with van der Waals surface area (Å²) in [6.07, 6.45) is -0.920. The van der Waals surface area contributed by atoms with Crippen LogP contribution in [0, 0.1) is 13.8 Å². The Morgan fingerprint density at radius 2 is 2.00 bits per heavy atom. The first-order chi connectivity index (χ1) is 13.1. The van der Waals surface area contributed by atoms with E-state index in [1.54, 1.807) is 12.1 Å². The van der Waals surface area contributed by atoms with Crippen molar-refractivity contribution in [3.8, 4) is 0 Å². The predicted molar refractivity (Wildman–Crippen MR) is 101 cm³/mol. The maximum absolute atomic E-state index is 12.3. The smallest absolute Gasteiger partial charge is 0.324 e. The van der Waals surface area contributed by atoms with E-state index in [0.717, 1.165) is 16.0 Å². The van der Waals surface area contributed by atoms with Crippen LogP contribution < -0.4 is 10.0 Å². The lowest BCUT2D eigenvalue weighted by Crippen LogP contribution is -2.41. The Labute approximate surface area is 164 Å². The Bertz CT molecular complexity index is 868. The molecule has 0 aromatic heterocycles. The summed E-state index contributed by atoms with van der Waals surface area (Å²) in [5, 5.41) is 2.50. The minimum absolute atomic E-state index is 0.0563. The molecule has 1 aromatic rings. The third-order valence-corrected chi connectivity index (χ3v) is 5.88. The van der Waals surface area contributed by atoms with E-state index in [2.05, 4.69) is 10.0 Å². The van der Waals surface area contributed by atoms with E-state index < -0.39 is 34.0 Å². The zero-order chi connectivity index (χ0) is 20.9. The van der Waals surface area contributed by atoms with Crippen LogP contribution in [0.4, 0.5) is 4.79 Å². The zero-order valence-electron chi connectivity index (χ0n) is 16.1. The number of carbonyl (C=O) groups excluding carboxylic acids is 3. The molecule has 1 aliphatic heterocycles. The highest BCUT2D eigenvalue weighted by Gasteiger charge is 2.31. The molecule has 2 N–H and O–H groups in total. The highest BCUT2D eigenvalue weighted by Crippen LogP contribution is 2.14. The lowest BCUT2D eigenvalue weighted by molar-refractivity contribution is -0.157. The van der Waals surface area contributed by atoms with Crippen molar-refractivity contribution in [2.75, 3.05) is 19.6 Å². The van der Waals surface area contributed by atoms with Crippen LogP contribution in [0.25, 0.3) is 0 Å². The largest absolute Gasteiger partial charge is 0.453 e. The van der Waals surface area contributed by atoms with E-state index in [-0.39, 0.29) is 30.8 Å². The van der Waals surface area contributed by atoms with Gasteiger partial charge < -0.3 is 10.1 Å². The molecule has 0 bridgehead atoms. The molecule has 9 nitrogen and oxygen atoms in total. The highest BCUT2D eigenvalue weighted by atomic mass is 32.2. The summed E-state index contributed by atoms with van der Waals surface area (Å²) < 4.78 is 32.0. The number of rotatable bonds is 8. The molecule has 10 heteroatoms. The molecule has 0 unspecified atom stereocenters. The number of benzene rings is 1. The van der Waals surface area contributed by atoms with Gasteiger partial charge in [-0.05, 0) is 50.5 Å². The quantitative estimate of drug-likeness (QED) is 0.483. The fraction of sp³-hybridized carbons (Fsp3) is 0.500. The second kappa shape index (κ2) is 9.16. The summed E-state index contributed by atoms with van der Waals surface area (Å²) in [4.78, 5) is 36.5. The molecular weight excluding hydrogens is 386 g/mol. The minimum atomic E-state index is -3.66. The minimum Gasteiger partial charge on any atom is -0.453 e. The van der Waals surface area contributed by atoms with Crippen molar-refractivity contribution in [3.63, 3.8) is 0 Å². The fourth-order valence-electron chi connectivity index (χ4n) is 2.61. The van der Waals surface area contributed by atoms with Crippen LogP contribution >= 0.6 is 0 Å². The Morgan fingerprint density at radius 3 is 2.61 bits per heavy atom. The lowest BCUT2D eigenvalue weighted by Gasteiger charge is -2.18. The number of sulfonamides is 1. The van der Waals surface area contributed by atoms with Crippen LogP contribution in [0.1, 0.15) is 30.9 Å². The summed E-state index contributed by atoms with van der Waals surface area (Å²) in [5.41, 5.74) is 1.87. The molecule has 0 radical (unpaired) electrons. The maximum Gasteiger partial charge on any atom is 0.324 e. The molecule has 154 valence electrons. The van der Waals surface area contributed by atoms with Crippen molar-refractivity contribution in [1.82, 2.24) is 14.9 Å². The van der Waals surface area contributed by atoms with E-state index in [0.29, 0.717) is 6.54 Å². The maximum atomic E-state index is 12.3. The Kier molecular flexibility index (Phi) is 7.14. The van der Waals surface area contributed by atoms with E-state index >= 15 is 0 Å². The summed E-state index contributed by atoms with van der Waals surface area (Å²) in [7, 11) is -3.66. The number of carbonyl (C=O) groups is 3. The van der Waals surface area contributed by atoms with Gasteiger partial charge in [-0.3, -0.25) is 14.5 Å². The number of imide groups is 1. The number of ether oxygens (including phenoxy) is 1. The van der Waals surface area contributed by atoms with Crippen molar-refractivity contribution in [2.45, 2.75) is 44.6 Å². The standard InChI is InChI=1S/C18H25N3O6S/c1-12-6-7-15(11-13(12)2)28(25,26)20-8-4-5-16(22)27-14(3)17(23)21-10-9-19-18(21)24/h6-7,11,14,20H,4-5,8-10H2,1-3H3,(H,19,24)/t14-/m1/s1. The van der Waals surface area contributed by atoms with E-state index in [1.807, 2.05) is 13.8 Å². The van der Waals surface area contributed by atoms with Gasteiger partial charge in [0.05, 0.1) is 4.90 Å². The van der Waals surface area contributed by atoms with Gasteiger partial charge in [0.2, 0.25) is 10.0 Å². The van der Waals surface area contributed by atoms with Crippen molar-refractivity contribution in [2.24, 2.45) is 0 Å². The van der Waals surface area contributed by atoms with Gasteiger partial charge in [0, 0.05) is 26.1 Å². The van der Waals surface area contributed by atoms with Crippen LogP contribution in [0.2, 0.25) is 0 Å². The van der Waals surface area contributed by atoms with Gasteiger partial charge in [-0.15, -0.1) is 0 Å². The van der Waals surface area contributed by atoms with Crippen LogP contribution in [0.15, 0.2) is 23.1 Å². The normalized spacial score (nSPS) is 15.2. The first kappa shape index (κ1) is 21.8. The number of aryl methyl sites for hydroxylation is 2. The van der Waals surface area contributed by atoms with Crippen LogP contribution in [-0.2, 0) is 24.3 Å². The van der Waals surface area contributed by atoms with Crippen LogP contribution in [-0.4, -0.2) is 57.0 Å². The molecule has 1 aromatic carbocycles. The summed E-state index contributed by atoms with van der Waals surface area (Å²) >= 11 is 0. The average Bonchev–Trinajstić information content (AvgIpc) is 3.06. The van der Waals surface area contributed by atoms with Gasteiger partial charge in [0.15, 0.2) is 6.10 Å². The third-order valence-electron chi connectivity index (χ3n) is 4.42. The predicted octanol–water partition coefficient (Wildman–Crippen LogP) is 0.845. The molecule has 1 saturated heterocycles. The first-order valence-corrected chi connectivity index (χ1v) is 10.5. The monoisotopic (exact) mass is 411 g/mol. The second-order valence-electron chi connectivity index (χ2n) is 6.60. The molecule has 1 fully saturated rings. The Morgan fingerprint density at radius 1 is 1.29 bits per heavy atom. The van der Waals surface area contributed by atoms with Crippen molar-refractivity contribution in [1.29, 1.82) is 0 Å². The zero-order valence-corrected chi connectivity index (χ0v) is 17.0. The first-order valence-electron chi connectivity index (χ1n) is 8.97. The van der Waals surface area contributed by atoms with Crippen LogP contribution in [0.5, 0.6) is 0 Å². The molecule has 0 aliphatic carbocycles. The molecule has 0 spiro atoms. The Hall–Kier alpha value is -2.46. The molecule has 2 rings (SSSR count). The molecule has 1 aliphatic rings. The summed E-state index contributed by atoms with van der Waals surface area (Å²) in [6, 6.07) is 4.35. The molecule has 3 amide bonds. The van der Waals surface area contributed by atoms with E-state index in [1.165, 1.54) is 13.0 Å². The van der Waals surface area contributed by atoms with Gasteiger partial charge >= 0.3 is 12.0 Å². The number of urea groups is 1.